The van der Waals surface area contributed by atoms with Crippen LogP contribution in [0, 0.1) is 13.8 Å². The molecular formula is C30H37N4O4+. The lowest BCUT2D eigenvalue weighted by atomic mass is 10.1. The van der Waals surface area contributed by atoms with Crippen LogP contribution in [0.3, 0.4) is 0 Å². The number of rotatable bonds is 5. The Kier molecular flexibility index (Phi) is 7.32. The Bertz CT molecular complexity index is 1490. The number of carbonyl (C=O) groups excluding carboxylic acids is 1. The molecule has 0 saturated heterocycles. The van der Waals surface area contributed by atoms with E-state index in [0.29, 0.717) is 5.69 Å². The topological polar surface area (TPSA) is 96.6 Å². The number of aliphatic hydroxyl groups is 1. The molecule has 8 nitrogen and oxygen atoms in total. The van der Waals surface area contributed by atoms with Crippen molar-refractivity contribution in [1.29, 1.82) is 0 Å². The number of hydrogen-bond donors (Lipinski definition) is 3. The van der Waals surface area contributed by atoms with Crippen LogP contribution < -0.4 is 15.2 Å². The summed E-state index contributed by atoms with van der Waals surface area (Å²) in [6.45, 7) is 15.1. The first-order chi connectivity index (χ1) is 17.7. The third-order valence-corrected chi connectivity index (χ3v) is 5.83. The fraction of sp³-hybridized carbons (Fsp3) is 0.367. The molecule has 38 heavy (non-hydrogen) atoms. The molecule has 0 aliphatic carbocycles. The van der Waals surface area contributed by atoms with Gasteiger partial charge in [-0.15, -0.1) is 4.57 Å². The monoisotopic (exact) mass is 517 g/mol. The van der Waals surface area contributed by atoms with Gasteiger partial charge >= 0.3 is 6.09 Å². The number of aliphatic hydroxyl groups excluding tert-OH is 1. The molecule has 0 aliphatic rings. The number of amides is 1. The van der Waals surface area contributed by atoms with Gasteiger partial charge in [0.1, 0.15) is 16.6 Å². The van der Waals surface area contributed by atoms with Crippen molar-refractivity contribution in [2.75, 3.05) is 10.6 Å². The number of nitrogens with zero attached hydrogens (tertiary/aromatic N) is 2. The van der Waals surface area contributed by atoms with Crippen molar-refractivity contribution >= 4 is 39.5 Å². The molecule has 0 fully saturated rings. The van der Waals surface area contributed by atoms with Gasteiger partial charge in [0, 0.05) is 29.4 Å². The van der Waals surface area contributed by atoms with Crippen molar-refractivity contribution < 1.29 is 23.9 Å². The zero-order chi connectivity index (χ0) is 27.8. The van der Waals surface area contributed by atoms with Crippen molar-refractivity contribution in [3.63, 3.8) is 0 Å². The number of para-hydroxylation sites is 1. The molecule has 4 aromatic rings. The largest absolute Gasteiger partial charge is 0.444 e. The van der Waals surface area contributed by atoms with E-state index in [1.54, 1.807) is 0 Å². The lowest BCUT2D eigenvalue weighted by Crippen LogP contribution is -2.35. The van der Waals surface area contributed by atoms with Gasteiger partial charge in [0.05, 0.1) is 11.3 Å². The highest BCUT2D eigenvalue weighted by Crippen LogP contribution is 2.29. The standard InChI is InChI=1S/C30H36N4O4/c1-18-16-24-25(17-23(18)33-28(36)38-30(6,7)8)34(20-12-10-9-11-13-20)26-19(2)21(14-15-22(26)31-24)32-27(35)37-29(3,4)5/h9-17,28,36H,1-8H3,(H,32,33,35)/p+1. The molecule has 1 heterocycles. The molecule has 0 spiro atoms. The number of anilines is 2. The van der Waals surface area contributed by atoms with Gasteiger partial charge in [-0.1, -0.05) is 18.2 Å². The number of benzene rings is 3. The van der Waals surface area contributed by atoms with E-state index in [4.69, 9.17) is 14.5 Å². The first kappa shape index (κ1) is 27.3. The Labute approximate surface area is 223 Å². The summed E-state index contributed by atoms with van der Waals surface area (Å²) >= 11 is 0. The minimum Gasteiger partial charge on any atom is -0.444 e. The lowest BCUT2D eigenvalue weighted by molar-refractivity contribution is -0.538. The molecule has 200 valence electrons. The Morgan fingerprint density at radius 3 is 2.24 bits per heavy atom. The van der Waals surface area contributed by atoms with Crippen molar-refractivity contribution in [3.05, 3.63) is 65.7 Å². The predicted molar refractivity (Wildman–Crippen MR) is 151 cm³/mol. The van der Waals surface area contributed by atoms with Crippen molar-refractivity contribution in [2.24, 2.45) is 0 Å². The summed E-state index contributed by atoms with van der Waals surface area (Å²) in [4.78, 5) is 17.5. The van der Waals surface area contributed by atoms with Gasteiger partial charge in [-0.2, -0.15) is 0 Å². The summed E-state index contributed by atoms with van der Waals surface area (Å²) in [6, 6.07) is 17.7. The smallest absolute Gasteiger partial charge is 0.412 e. The normalized spacial score (nSPS) is 13.0. The number of aromatic nitrogens is 2. The quantitative estimate of drug-likeness (QED) is 0.167. The summed E-state index contributed by atoms with van der Waals surface area (Å²) < 4.78 is 13.3. The molecule has 3 N–H and O–H groups in total. The van der Waals surface area contributed by atoms with Crippen LogP contribution in [-0.2, 0) is 9.47 Å². The van der Waals surface area contributed by atoms with Crippen molar-refractivity contribution in [2.45, 2.75) is 73.0 Å². The van der Waals surface area contributed by atoms with E-state index in [1.165, 1.54) is 0 Å². The van der Waals surface area contributed by atoms with E-state index in [-0.39, 0.29) is 0 Å². The SMILES string of the molecule is Cc1cc2nc3ccc(NC(=O)OC(C)(C)C)c(C)c3[n+](-c3ccccc3)c2cc1NC(O)OC(C)(C)C. The Balaban J connectivity index is 1.92. The number of fused-ring (bicyclic) bond motifs is 2. The Morgan fingerprint density at radius 1 is 0.921 bits per heavy atom. The molecule has 8 heteroatoms. The third kappa shape index (κ3) is 6.20. The van der Waals surface area contributed by atoms with E-state index in [0.717, 1.165) is 44.6 Å². The zero-order valence-electron chi connectivity index (χ0n) is 23.3. The van der Waals surface area contributed by atoms with Crippen LogP contribution in [0.2, 0.25) is 0 Å². The van der Waals surface area contributed by atoms with E-state index >= 15 is 0 Å². The van der Waals surface area contributed by atoms with Crippen molar-refractivity contribution in [3.8, 4) is 5.69 Å². The molecule has 0 bridgehead atoms. The second-order valence-electron chi connectivity index (χ2n) is 11.4. The summed E-state index contributed by atoms with van der Waals surface area (Å²) in [5, 5.41) is 16.5. The van der Waals surface area contributed by atoms with Crippen LogP contribution in [0.15, 0.2) is 54.6 Å². The highest BCUT2D eigenvalue weighted by Gasteiger charge is 2.26. The lowest BCUT2D eigenvalue weighted by Gasteiger charge is -2.25. The van der Waals surface area contributed by atoms with Gasteiger partial charge in [0.25, 0.3) is 0 Å². The maximum Gasteiger partial charge on any atom is 0.412 e. The molecule has 1 aromatic heterocycles. The minimum absolute atomic E-state index is 0.519. The number of carbonyl (C=O) groups is 1. The molecule has 0 saturated carbocycles. The van der Waals surface area contributed by atoms with E-state index in [1.807, 2.05) is 110 Å². The first-order valence-corrected chi connectivity index (χ1v) is 12.7. The highest BCUT2D eigenvalue weighted by molar-refractivity contribution is 5.93. The summed E-state index contributed by atoms with van der Waals surface area (Å²) in [7, 11) is 0. The third-order valence-electron chi connectivity index (χ3n) is 5.83. The summed E-state index contributed by atoms with van der Waals surface area (Å²) in [6.07, 6.45) is -1.70. The molecule has 0 aliphatic heterocycles. The Hall–Kier alpha value is -3.75. The molecule has 1 unspecified atom stereocenters. The molecule has 3 aromatic carbocycles. The van der Waals surface area contributed by atoms with Gasteiger partial charge in [0.2, 0.25) is 23.1 Å². The van der Waals surface area contributed by atoms with Gasteiger partial charge in [-0.05, 0) is 79.2 Å². The highest BCUT2D eigenvalue weighted by atomic mass is 16.6. The predicted octanol–water partition coefficient (Wildman–Crippen LogP) is 6.13. The van der Waals surface area contributed by atoms with Gasteiger partial charge in [-0.25, -0.2) is 9.78 Å². The molecule has 1 amide bonds. The van der Waals surface area contributed by atoms with E-state index in [9.17, 15) is 9.90 Å². The zero-order valence-corrected chi connectivity index (χ0v) is 23.3. The molecule has 0 radical (unpaired) electrons. The minimum atomic E-state index is -1.18. The van der Waals surface area contributed by atoms with Crippen LogP contribution in [0.4, 0.5) is 16.2 Å². The Morgan fingerprint density at radius 2 is 1.61 bits per heavy atom. The van der Waals surface area contributed by atoms with Crippen LogP contribution >= 0.6 is 0 Å². The molecular weight excluding hydrogens is 480 g/mol. The van der Waals surface area contributed by atoms with Crippen molar-refractivity contribution in [1.82, 2.24) is 4.98 Å². The van der Waals surface area contributed by atoms with Gasteiger partial charge < -0.3 is 19.9 Å². The second kappa shape index (κ2) is 10.2. The first-order valence-electron chi connectivity index (χ1n) is 12.7. The van der Waals surface area contributed by atoms with Crippen LogP contribution in [0.25, 0.3) is 27.8 Å². The number of hydrogen-bond acceptors (Lipinski definition) is 6. The average Bonchev–Trinajstić information content (AvgIpc) is 2.78. The van der Waals surface area contributed by atoms with Crippen LogP contribution in [0.5, 0.6) is 0 Å². The number of aryl methyl sites for hydroxylation is 2. The fourth-order valence-corrected chi connectivity index (χ4v) is 4.31. The average molecular weight is 518 g/mol. The maximum atomic E-state index is 12.6. The second-order valence-corrected chi connectivity index (χ2v) is 11.4. The van der Waals surface area contributed by atoms with E-state index in [2.05, 4.69) is 15.2 Å². The molecule has 4 rings (SSSR count). The number of ether oxygens (including phenoxy) is 2. The molecule has 1 atom stereocenters. The van der Waals surface area contributed by atoms with E-state index < -0.39 is 23.7 Å². The van der Waals surface area contributed by atoms with Crippen LogP contribution in [0.1, 0.15) is 52.7 Å². The maximum absolute atomic E-state index is 12.6. The van der Waals surface area contributed by atoms with Gasteiger partial charge in [0.15, 0.2) is 0 Å². The summed E-state index contributed by atoms with van der Waals surface area (Å²) in [5.41, 5.74) is 6.18. The van der Waals surface area contributed by atoms with Crippen LogP contribution in [-0.4, -0.2) is 33.8 Å². The summed E-state index contributed by atoms with van der Waals surface area (Å²) in [5.74, 6) is 0. The fourth-order valence-electron chi connectivity index (χ4n) is 4.31. The van der Waals surface area contributed by atoms with Gasteiger partial charge in [-0.3, -0.25) is 5.32 Å². The number of nitrogens with one attached hydrogen (secondary N) is 2.